The summed E-state index contributed by atoms with van der Waals surface area (Å²) in [6, 6.07) is 0.388. The minimum atomic E-state index is 0. The van der Waals surface area contributed by atoms with Crippen molar-refractivity contribution in [3.8, 4) is 0 Å². The first kappa shape index (κ1) is 15.9. The van der Waals surface area contributed by atoms with Crippen molar-refractivity contribution in [3.05, 3.63) is 0 Å². The zero-order valence-corrected chi connectivity index (χ0v) is 11.3. The van der Waals surface area contributed by atoms with Crippen molar-refractivity contribution < 1.29 is 5.48 Å². The molecule has 1 aliphatic rings. The van der Waals surface area contributed by atoms with Gasteiger partial charge in [-0.1, -0.05) is 39.5 Å². The van der Waals surface area contributed by atoms with Crippen LogP contribution in [0.3, 0.4) is 0 Å². The molecule has 0 spiro atoms. The van der Waals surface area contributed by atoms with Gasteiger partial charge in [0.2, 0.25) is 0 Å². The van der Waals surface area contributed by atoms with E-state index in [0.29, 0.717) is 6.04 Å². The molecule has 0 amide bonds. The van der Waals surface area contributed by atoms with Gasteiger partial charge in [-0.2, -0.15) is 0 Å². The third-order valence-corrected chi connectivity index (χ3v) is 3.99. The predicted molar refractivity (Wildman–Crippen MR) is 71.4 cm³/mol. The summed E-state index contributed by atoms with van der Waals surface area (Å²) in [5, 5.41) is 0. The lowest BCUT2D eigenvalue weighted by molar-refractivity contribution is 0.244. The Kier molecular flexibility index (Phi) is 8.04. The molecular formula is C14H31NO. The van der Waals surface area contributed by atoms with Gasteiger partial charge in [-0.3, -0.25) is 0 Å². The van der Waals surface area contributed by atoms with Crippen molar-refractivity contribution in [2.45, 2.75) is 71.8 Å². The van der Waals surface area contributed by atoms with Crippen LogP contribution < -0.4 is 5.73 Å². The van der Waals surface area contributed by atoms with E-state index in [1.54, 1.807) is 0 Å². The number of hydrogen-bond donors (Lipinski definition) is 1. The fourth-order valence-electron chi connectivity index (χ4n) is 2.80. The Hall–Kier alpha value is -0.0800. The summed E-state index contributed by atoms with van der Waals surface area (Å²) in [6.07, 6.45) is 9.84. The van der Waals surface area contributed by atoms with Gasteiger partial charge in [0.05, 0.1) is 0 Å². The van der Waals surface area contributed by atoms with E-state index in [9.17, 15) is 0 Å². The summed E-state index contributed by atoms with van der Waals surface area (Å²) in [6.45, 7) is 6.92. The molecule has 2 unspecified atom stereocenters. The largest absolute Gasteiger partial charge is 0.412 e. The monoisotopic (exact) mass is 229 g/mol. The maximum atomic E-state index is 5.79. The lowest BCUT2D eigenvalue weighted by Gasteiger charge is -2.28. The van der Waals surface area contributed by atoms with Crippen LogP contribution in [0.4, 0.5) is 0 Å². The molecule has 2 atom stereocenters. The maximum absolute atomic E-state index is 5.79. The number of rotatable bonds is 5. The molecule has 4 N–H and O–H groups in total. The van der Waals surface area contributed by atoms with Crippen molar-refractivity contribution in [2.75, 3.05) is 0 Å². The Morgan fingerprint density at radius 1 is 1.06 bits per heavy atom. The third kappa shape index (κ3) is 6.49. The molecule has 0 heterocycles. The molecule has 1 aliphatic carbocycles. The first-order valence-electron chi connectivity index (χ1n) is 6.83. The Bertz CT molecular complexity index is 162. The maximum Gasteiger partial charge on any atom is 0.00105 e. The van der Waals surface area contributed by atoms with E-state index in [2.05, 4.69) is 20.8 Å². The van der Waals surface area contributed by atoms with Gasteiger partial charge in [-0.25, -0.2) is 0 Å². The van der Waals surface area contributed by atoms with E-state index in [-0.39, 0.29) is 5.48 Å². The second kappa shape index (κ2) is 8.08. The Morgan fingerprint density at radius 2 is 1.62 bits per heavy atom. The standard InChI is InChI=1S/C14H29N.H2O/c1-11-5-8-14(9-6-11)10-12(2)4-7-13(3)15;/h11-14H,4-10,15H2,1-3H3;1H2. The van der Waals surface area contributed by atoms with Crippen molar-refractivity contribution in [2.24, 2.45) is 23.5 Å². The molecule has 0 aromatic rings. The summed E-state index contributed by atoms with van der Waals surface area (Å²) < 4.78 is 0. The fraction of sp³-hybridized carbons (Fsp3) is 1.00. The molecule has 0 saturated heterocycles. The van der Waals surface area contributed by atoms with Crippen LogP contribution in [0.15, 0.2) is 0 Å². The van der Waals surface area contributed by atoms with Crippen LogP contribution in [-0.4, -0.2) is 11.5 Å². The highest BCUT2D eigenvalue weighted by Crippen LogP contribution is 2.33. The van der Waals surface area contributed by atoms with Gasteiger partial charge in [0.15, 0.2) is 0 Å². The normalized spacial score (nSPS) is 29.2. The predicted octanol–water partition coefficient (Wildman–Crippen LogP) is 3.14. The first-order chi connectivity index (χ1) is 7.08. The molecule has 1 saturated carbocycles. The summed E-state index contributed by atoms with van der Waals surface area (Å²) in [4.78, 5) is 0. The van der Waals surface area contributed by atoms with E-state index >= 15 is 0 Å². The quantitative estimate of drug-likeness (QED) is 0.773. The highest BCUT2D eigenvalue weighted by molar-refractivity contribution is 4.72. The van der Waals surface area contributed by atoms with Crippen molar-refractivity contribution in [1.29, 1.82) is 0 Å². The van der Waals surface area contributed by atoms with Crippen LogP contribution in [-0.2, 0) is 0 Å². The lowest BCUT2D eigenvalue weighted by Crippen LogP contribution is -2.18. The summed E-state index contributed by atoms with van der Waals surface area (Å²) in [5.41, 5.74) is 5.79. The minimum Gasteiger partial charge on any atom is -0.412 e. The molecule has 0 radical (unpaired) electrons. The summed E-state index contributed by atoms with van der Waals surface area (Å²) >= 11 is 0. The SMILES string of the molecule is CC(N)CCC(C)CC1CCC(C)CC1.O. The second-order valence-corrected chi connectivity index (χ2v) is 6.02. The molecular weight excluding hydrogens is 198 g/mol. The van der Waals surface area contributed by atoms with Gasteiger partial charge < -0.3 is 11.2 Å². The Balaban J connectivity index is 0.00000225. The van der Waals surface area contributed by atoms with E-state index in [1.165, 1.54) is 44.9 Å². The smallest absolute Gasteiger partial charge is 0.00105 e. The highest BCUT2D eigenvalue weighted by atomic mass is 16.0. The Labute approximate surface area is 101 Å². The summed E-state index contributed by atoms with van der Waals surface area (Å²) in [5.74, 6) is 2.89. The van der Waals surface area contributed by atoms with Crippen LogP contribution in [0, 0.1) is 17.8 Å². The average Bonchev–Trinajstić information content (AvgIpc) is 2.19. The molecule has 0 aromatic heterocycles. The minimum absolute atomic E-state index is 0. The van der Waals surface area contributed by atoms with Crippen molar-refractivity contribution >= 4 is 0 Å². The van der Waals surface area contributed by atoms with Gasteiger partial charge >= 0.3 is 0 Å². The third-order valence-electron chi connectivity index (χ3n) is 3.99. The second-order valence-electron chi connectivity index (χ2n) is 6.02. The van der Waals surface area contributed by atoms with Gasteiger partial charge in [-0.15, -0.1) is 0 Å². The molecule has 0 aliphatic heterocycles. The molecule has 2 nitrogen and oxygen atoms in total. The number of nitrogens with two attached hydrogens (primary N) is 1. The first-order valence-corrected chi connectivity index (χ1v) is 6.83. The van der Waals surface area contributed by atoms with Crippen LogP contribution in [0.25, 0.3) is 0 Å². The van der Waals surface area contributed by atoms with E-state index in [4.69, 9.17) is 5.73 Å². The molecule has 16 heavy (non-hydrogen) atoms. The van der Waals surface area contributed by atoms with Gasteiger partial charge in [0, 0.05) is 6.04 Å². The van der Waals surface area contributed by atoms with E-state index in [0.717, 1.165) is 17.8 Å². The summed E-state index contributed by atoms with van der Waals surface area (Å²) in [7, 11) is 0. The molecule has 1 rings (SSSR count). The zero-order chi connectivity index (χ0) is 11.3. The zero-order valence-electron chi connectivity index (χ0n) is 11.3. The van der Waals surface area contributed by atoms with Gasteiger partial charge in [0.25, 0.3) is 0 Å². The molecule has 98 valence electrons. The average molecular weight is 229 g/mol. The lowest BCUT2D eigenvalue weighted by atomic mass is 9.78. The van der Waals surface area contributed by atoms with E-state index in [1.807, 2.05) is 0 Å². The van der Waals surface area contributed by atoms with Crippen LogP contribution in [0.2, 0.25) is 0 Å². The van der Waals surface area contributed by atoms with Gasteiger partial charge in [-0.05, 0) is 43.9 Å². The Morgan fingerprint density at radius 3 is 2.12 bits per heavy atom. The van der Waals surface area contributed by atoms with Gasteiger partial charge in [0.1, 0.15) is 0 Å². The van der Waals surface area contributed by atoms with Crippen LogP contribution >= 0.6 is 0 Å². The fourth-order valence-corrected chi connectivity index (χ4v) is 2.80. The number of hydrogen-bond acceptors (Lipinski definition) is 1. The van der Waals surface area contributed by atoms with Crippen molar-refractivity contribution in [3.63, 3.8) is 0 Å². The van der Waals surface area contributed by atoms with Crippen LogP contribution in [0.1, 0.15) is 65.7 Å². The van der Waals surface area contributed by atoms with Crippen LogP contribution in [0.5, 0.6) is 0 Å². The highest BCUT2D eigenvalue weighted by Gasteiger charge is 2.19. The van der Waals surface area contributed by atoms with Crippen molar-refractivity contribution in [1.82, 2.24) is 0 Å². The molecule has 1 fully saturated rings. The molecule has 2 heteroatoms. The molecule has 0 aromatic carbocycles. The molecule has 0 bridgehead atoms. The topological polar surface area (TPSA) is 57.5 Å². The van der Waals surface area contributed by atoms with E-state index < -0.39 is 0 Å².